The van der Waals surface area contributed by atoms with E-state index in [-0.39, 0.29) is 12.5 Å². The van der Waals surface area contributed by atoms with Crippen LogP contribution in [-0.4, -0.2) is 37.1 Å². The number of amides is 1. The van der Waals surface area contributed by atoms with E-state index < -0.39 is 0 Å². The fraction of sp³-hybridized carbons (Fsp3) is 0.571. The molecule has 0 spiro atoms. The second-order valence-electron chi connectivity index (χ2n) is 2.39. The number of rotatable bonds is 2. The molecular weight excluding hydrogens is 210 g/mol. The minimum atomic E-state index is 0.0388. The predicted octanol–water partition coefficient (Wildman–Crippen LogP) is 0.754. The number of morpholine rings is 1. The Hall–Kier alpha value is -0.350. The van der Waals surface area contributed by atoms with Crippen molar-refractivity contribution in [2.24, 2.45) is 0 Å². The molecule has 0 aliphatic carbocycles. The van der Waals surface area contributed by atoms with Gasteiger partial charge < -0.3 is 9.64 Å². The molecule has 0 bridgehead atoms. The van der Waals surface area contributed by atoms with Crippen LogP contribution in [0.15, 0.2) is 11.1 Å². The number of carbonyl (C=O) groups excluding carboxylic acids is 1. The van der Waals surface area contributed by atoms with Crippen LogP contribution in [0.25, 0.3) is 0 Å². The second kappa shape index (κ2) is 3.88. The summed E-state index contributed by atoms with van der Waals surface area (Å²) in [6, 6.07) is 0. The Morgan fingerprint density at radius 3 is 3.09 bits per heavy atom. The number of hydrogen-bond donors (Lipinski definition) is 0. The Bertz CT molecular complexity index is 181. The summed E-state index contributed by atoms with van der Waals surface area (Å²) < 4.78 is 5.78. The minimum Gasteiger partial charge on any atom is -0.370 e. The Kier molecular flexibility index (Phi) is 3.08. The van der Waals surface area contributed by atoms with Crippen molar-refractivity contribution < 1.29 is 9.53 Å². The molecule has 0 N–H and O–H groups in total. The molecule has 0 aromatic heterocycles. The Morgan fingerprint density at radius 1 is 1.82 bits per heavy atom. The van der Waals surface area contributed by atoms with E-state index in [0.29, 0.717) is 19.7 Å². The fourth-order valence-electron chi connectivity index (χ4n) is 0.925. The van der Waals surface area contributed by atoms with Crippen LogP contribution in [0.2, 0.25) is 0 Å². The van der Waals surface area contributed by atoms with E-state index in [9.17, 15) is 4.79 Å². The quantitative estimate of drug-likeness (QED) is 0.687. The Balaban J connectivity index is 2.42. The van der Waals surface area contributed by atoms with Crippen molar-refractivity contribution in [1.29, 1.82) is 0 Å². The molecule has 0 aromatic carbocycles. The number of ether oxygens (including phenoxy) is 1. The average molecular weight is 220 g/mol. The summed E-state index contributed by atoms with van der Waals surface area (Å²) in [5, 5.41) is 0. The van der Waals surface area contributed by atoms with E-state index in [4.69, 9.17) is 4.74 Å². The standard InChI is InChI=1S/C7H10BrNO2/c1-6(8)4-9-2-3-11-5-7(9)10/h1-5H2. The van der Waals surface area contributed by atoms with Crippen molar-refractivity contribution in [2.45, 2.75) is 0 Å². The van der Waals surface area contributed by atoms with Crippen LogP contribution in [0, 0.1) is 0 Å². The summed E-state index contributed by atoms with van der Waals surface area (Å²) in [4.78, 5) is 12.8. The van der Waals surface area contributed by atoms with Crippen molar-refractivity contribution in [2.75, 3.05) is 26.3 Å². The highest BCUT2D eigenvalue weighted by Gasteiger charge is 2.17. The number of nitrogens with zero attached hydrogens (tertiary/aromatic N) is 1. The number of halogens is 1. The molecule has 4 heteroatoms. The topological polar surface area (TPSA) is 29.5 Å². The van der Waals surface area contributed by atoms with Gasteiger partial charge in [0.2, 0.25) is 5.91 Å². The fourth-order valence-corrected chi connectivity index (χ4v) is 1.23. The normalized spacial score (nSPS) is 18.6. The molecule has 0 atom stereocenters. The molecule has 1 amide bonds. The molecular formula is C7H10BrNO2. The minimum absolute atomic E-state index is 0.0388. The molecule has 11 heavy (non-hydrogen) atoms. The first kappa shape index (κ1) is 8.74. The van der Waals surface area contributed by atoms with Gasteiger partial charge in [0.25, 0.3) is 0 Å². The first-order valence-electron chi connectivity index (χ1n) is 3.39. The Labute approximate surface area is 74.1 Å². The van der Waals surface area contributed by atoms with E-state index >= 15 is 0 Å². The van der Waals surface area contributed by atoms with E-state index in [1.165, 1.54) is 0 Å². The van der Waals surface area contributed by atoms with Gasteiger partial charge in [-0.05, 0) is 0 Å². The van der Waals surface area contributed by atoms with Gasteiger partial charge in [0.1, 0.15) is 6.61 Å². The lowest BCUT2D eigenvalue weighted by molar-refractivity contribution is -0.141. The van der Waals surface area contributed by atoms with Crippen LogP contribution in [0.3, 0.4) is 0 Å². The third-order valence-electron chi connectivity index (χ3n) is 1.45. The largest absolute Gasteiger partial charge is 0.370 e. The first-order valence-corrected chi connectivity index (χ1v) is 4.18. The summed E-state index contributed by atoms with van der Waals surface area (Å²) in [5.41, 5.74) is 0. The summed E-state index contributed by atoms with van der Waals surface area (Å²) in [5.74, 6) is 0.0388. The van der Waals surface area contributed by atoms with Crippen LogP contribution >= 0.6 is 15.9 Å². The lowest BCUT2D eigenvalue weighted by Crippen LogP contribution is -2.41. The zero-order valence-electron chi connectivity index (χ0n) is 6.18. The van der Waals surface area contributed by atoms with Crippen molar-refractivity contribution in [3.05, 3.63) is 11.1 Å². The van der Waals surface area contributed by atoms with Gasteiger partial charge in [0, 0.05) is 11.0 Å². The van der Waals surface area contributed by atoms with Gasteiger partial charge in [0.15, 0.2) is 0 Å². The molecule has 0 unspecified atom stereocenters. The molecule has 1 fully saturated rings. The predicted molar refractivity (Wildman–Crippen MR) is 45.5 cm³/mol. The van der Waals surface area contributed by atoms with Crippen LogP contribution in [-0.2, 0) is 9.53 Å². The molecule has 3 nitrogen and oxygen atoms in total. The van der Waals surface area contributed by atoms with Gasteiger partial charge in [-0.15, -0.1) is 0 Å². The van der Waals surface area contributed by atoms with Crippen molar-refractivity contribution >= 4 is 21.8 Å². The van der Waals surface area contributed by atoms with Gasteiger partial charge in [-0.1, -0.05) is 22.5 Å². The van der Waals surface area contributed by atoms with E-state index in [2.05, 4.69) is 22.5 Å². The maximum absolute atomic E-state index is 11.1. The third-order valence-corrected chi connectivity index (χ3v) is 1.70. The molecule has 1 rings (SSSR count). The van der Waals surface area contributed by atoms with E-state index in [1.807, 2.05) is 0 Å². The first-order chi connectivity index (χ1) is 5.20. The van der Waals surface area contributed by atoms with E-state index in [1.54, 1.807) is 4.90 Å². The second-order valence-corrected chi connectivity index (χ2v) is 3.51. The molecule has 0 saturated carbocycles. The van der Waals surface area contributed by atoms with Crippen LogP contribution in [0.1, 0.15) is 0 Å². The zero-order valence-corrected chi connectivity index (χ0v) is 7.76. The number of carbonyl (C=O) groups is 1. The van der Waals surface area contributed by atoms with E-state index in [0.717, 1.165) is 4.48 Å². The van der Waals surface area contributed by atoms with Crippen molar-refractivity contribution in [3.8, 4) is 0 Å². The van der Waals surface area contributed by atoms with Gasteiger partial charge in [-0.25, -0.2) is 0 Å². The molecule has 1 aliphatic heterocycles. The highest BCUT2D eigenvalue weighted by molar-refractivity contribution is 9.11. The van der Waals surface area contributed by atoms with Gasteiger partial charge in [-0.2, -0.15) is 0 Å². The lowest BCUT2D eigenvalue weighted by atomic mass is 10.4. The Morgan fingerprint density at radius 2 is 2.55 bits per heavy atom. The summed E-state index contributed by atoms with van der Waals surface area (Å²) in [7, 11) is 0. The number of hydrogen-bond acceptors (Lipinski definition) is 2. The highest BCUT2D eigenvalue weighted by atomic mass is 79.9. The van der Waals surface area contributed by atoms with Gasteiger partial charge in [-0.3, -0.25) is 4.79 Å². The van der Waals surface area contributed by atoms with Crippen molar-refractivity contribution in [1.82, 2.24) is 4.90 Å². The van der Waals surface area contributed by atoms with Crippen LogP contribution in [0.5, 0.6) is 0 Å². The molecule has 1 heterocycles. The van der Waals surface area contributed by atoms with Crippen molar-refractivity contribution in [3.63, 3.8) is 0 Å². The third kappa shape index (κ3) is 2.63. The summed E-state index contributed by atoms with van der Waals surface area (Å²) in [6.45, 7) is 5.76. The molecule has 1 saturated heterocycles. The maximum Gasteiger partial charge on any atom is 0.248 e. The SMILES string of the molecule is C=C(Br)CN1CCOCC1=O. The summed E-state index contributed by atoms with van der Waals surface area (Å²) >= 11 is 3.21. The maximum atomic E-state index is 11.1. The lowest BCUT2D eigenvalue weighted by Gasteiger charge is -2.26. The molecule has 1 aliphatic rings. The molecule has 0 aromatic rings. The zero-order chi connectivity index (χ0) is 8.27. The average Bonchev–Trinajstić information content (AvgIpc) is 1.93. The van der Waals surface area contributed by atoms with Crippen LogP contribution in [0.4, 0.5) is 0 Å². The smallest absolute Gasteiger partial charge is 0.248 e. The highest BCUT2D eigenvalue weighted by Crippen LogP contribution is 2.06. The summed E-state index contributed by atoms with van der Waals surface area (Å²) in [6.07, 6.45) is 0. The molecule has 62 valence electrons. The van der Waals surface area contributed by atoms with Crippen LogP contribution < -0.4 is 0 Å². The van der Waals surface area contributed by atoms with Gasteiger partial charge >= 0.3 is 0 Å². The molecule has 0 radical (unpaired) electrons. The monoisotopic (exact) mass is 219 g/mol. The van der Waals surface area contributed by atoms with Gasteiger partial charge in [0.05, 0.1) is 13.2 Å².